The minimum Gasteiger partial charge on any atom is -0.294 e. The Morgan fingerprint density at radius 1 is 1.16 bits per heavy atom. The van der Waals surface area contributed by atoms with Crippen molar-refractivity contribution in [3.8, 4) is 0 Å². The molecule has 0 amide bonds. The third-order valence-electron chi connectivity index (χ3n) is 5.11. The molecule has 1 aromatic carbocycles. The van der Waals surface area contributed by atoms with Gasteiger partial charge in [-0.2, -0.15) is 0 Å². The van der Waals surface area contributed by atoms with Crippen LogP contribution in [0.3, 0.4) is 0 Å². The van der Waals surface area contributed by atoms with E-state index in [9.17, 15) is 4.79 Å². The highest BCUT2D eigenvalue weighted by Gasteiger charge is 2.46. The van der Waals surface area contributed by atoms with Crippen LogP contribution in [-0.4, -0.2) is 5.78 Å². The van der Waals surface area contributed by atoms with Crippen LogP contribution >= 0.6 is 0 Å². The number of carbonyl (C=O) groups excluding carboxylic acids is 1. The summed E-state index contributed by atoms with van der Waals surface area (Å²) in [6, 6.07) is 10.2. The van der Waals surface area contributed by atoms with Gasteiger partial charge in [0.1, 0.15) is 0 Å². The summed E-state index contributed by atoms with van der Waals surface area (Å²) in [5, 5.41) is 0. The topological polar surface area (TPSA) is 17.1 Å². The molecule has 0 radical (unpaired) electrons. The highest BCUT2D eigenvalue weighted by molar-refractivity contribution is 6.04. The molecule has 0 bridgehead atoms. The summed E-state index contributed by atoms with van der Waals surface area (Å²) in [5.74, 6) is 1.05. The molecule has 100 valence electrons. The van der Waals surface area contributed by atoms with E-state index in [2.05, 4.69) is 25.1 Å². The van der Waals surface area contributed by atoms with Crippen LogP contribution in [-0.2, 0) is 4.79 Å². The smallest absolute Gasteiger partial charge is 0.165 e. The SMILES string of the molecule is C[C@@]12CCCC[C@H]1CC/C(=C/c1ccccc1)C2=O. The Hall–Kier alpha value is -1.37. The van der Waals surface area contributed by atoms with E-state index in [1.807, 2.05) is 18.2 Å². The van der Waals surface area contributed by atoms with Gasteiger partial charge in [-0.3, -0.25) is 4.79 Å². The van der Waals surface area contributed by atoms with Crippen molar-refractivity contribution >= 4 is 11.9 Å². The van der Waals surface area contributed by atoms with Crippen molar-refractivity contribution in [2.24, 2.45) is 11.3 Å². The molecule has 2 aliphatic rings. The van der Waals surface area contributed by atoms with Crippen LogP contribution in [0.4, 0.5) is 0 Å². The number of hydrogen-bond donors (Lipinski definition) is 0. The molecule has 19 heavy (non-hydrogen) atoms. The Labute approximate surface area is 115 Å². The lowest BCUT2D eigenvalue weighted by Gasteiger charge is -2.44. The van der Waals surface area contributed by atoms with Gasteiger partial charge in [-0.1, -0.05) is 50.1 Å². The zero-order valence-electron chi connectivity index (χ0n) is 11.7. The third-order valence-corrected chi connectivity index (χ3v) is 5.11. The van der Waals surface area contributed by atoms with Crippen LogP contribution in [0.1, 0.15) is 51.0 Å². The number of fused-ring (bicyclic) bond motifs is 1. The number of carbonyl (C=O) groups is 1. The van der Waals surface area contributed by atoms with Gasteiger partial charge >= 0.3 is 0 Å². The molecule has 2 fully saturated rings. The number of ketones is 1. The van der Waals surface area contributed by atoms with Crippen LogP contribution in [0.2, 0.25) is 0 Å². The van der Waals surface area contributed by atoms with Gasteiger partial charge in [0.2, 0.25) is 0 Å². The Morgan fingerprint density at radius 2 is 1.95 bits per heavy atom. The van der Waals surface area contributed by atoms with Crippen LogP contribution < -0.4 is 0 Å². The maximum Gasteiger partial charge on any atom is 0.165 e. The summed E-state index contributed by atoms with van der Waals surface area (Å²) in [6.45, 7) is 2.21. The molecule has 0 saturated heterocycles. The average Bonchev–Trinajstić information content (AvgIpc) is 2.44. The molecule has 0 spiro atoms. The fourth-order valence-electron chi connectivity index (χ4n) is 3.87. The molecule has 0 aromatic heterocycles. The molecule has 0 N–H and O–H groups in total. The standard InChI is InChI=1S/C18H22O/c1-18-12-6-5-9-16(18)11-10-15(17(18)19)13-14-7-3-2-4-8-14/h2-4,7-8,13,16H,5-6,9-12H2,1H3/b15-13-/t16-,18+/m0/s1. The van der Waals surface area contributed by atoms with E-state index in [0.717, 1.165) is 24.0 Å². The fraction of sp³-hybridized carbons (Fsp3) is 0.500. The van der Waals surface area contributed by atoms with Crippen molar-refractivity contribution in [1.82, 2.24) is 0 Å². The minimum atomic E-state index is -0.0723. The normalized spacial score (nSPS) is 33.2. The number of allylic oxidation sites excluding steroid dienone is 1. The Balaban J connectivity index is 1.89. The van der Waals surface area contributed by atoms with Gasteiger partial charge in [-0.05, 0) is 48.8 Å². The highest BCUT2D eigenvalue weighted by Crippen LogP contribution is 2.49. The lowest BCUT2D eigenvalue weighted by Crippen LogP contribution is -2.42. The summed E-state index contributed by atoms with van der Waals surface area (Å²) >= 11 is 0. The summed E-state index contributed by atoms with van der Waals surface area (Å²) in [4.78, 5) is 12.8. The van der Waals surface area contributed by atoms with Crippen LogP contribution in [0.5, 0.6) is 0 Å². The zero-order valence-corrected chi connectivity index (χ0v) is 11.7. The number of hydrogen-bond acceptors (Lipinski definition) is 1. The Morgan fingerprint density at radius 3 is 2.74 bits per heavy atom. The first-order valence-corrected chi connectivity index (χ1v) is 7.50. The monoisotopic (exact) mass is 254 g/mol. The highest BCUT2D eigenvalue weighted by atomic mass is 16.1. The molecule has 0 unspecified atom stereocenters. The van der Waals surface area contributed by atoms with E-state index in [1.54, 1.807) is 0 Å². The summed E-state index contributed by atoms with van der Waals surface area (Å²) in [7, 11) is 0. The first-order valence-electron chi connectivity index (χ1n) is 7.50. The third kappa shape index (κ3) is 2.27. The largest absolute Gasteiger partial charge is 0.294 e. The minimum absolute atomic E-state index is 0.0723. The lowest BCUT2D eigenvalue weighted by atomic mass is 9.58. The zero-order chi connectivity index (χ0) is 13.3. The molecule has 3 rings (SSSR count). The molecule has 1 aromatic rings. The quantitative estimate of drug-likeness (QED) is 0.668. The maximum atomic E-state index is 12.8. The maximum absolute atomic E-state index is 12.8. The second-order valence-corrected chi connectivity index (χ2v) is 6.31. The van der Waals surface area contributed by atoms with Crippen molar-refractivity contribution in [3.63, 3.8) is 0 Å². The molecule has 0 heterocycles. The van der Waals surface area contributed by atoms with E-state index < -0.39 is 0 Å². The van der Waals surface area contributed by atoms with Crippen LogP contribution in [0.25, 0.3) is 6.08 Å². The average molecular weight is 254 g/mol. The number of benzene rings is 1. The Bertz CT molecular complexity index is 500. The molecular formula is C18H22O. The number of Topliss-reactive ketones (excluding diaryl/α,β-unsaturated/α-hetero) is 1. The predicted molar refractivity (Wildman–Crippen MR) is 78.7 cm³/mol. The predicted octanol–water partition coefficient (Wildman–Crippen LogP) is 4.63. The van der Waals surface area contributed by atoms with E-state index >= 15 is 0 Å². The van der Waals surface area contributed by atoms with Gasteiger partial charge in [0.25, 0.3) is 0 Å². The van der Waals surface area contributed by atoms with Gasteiger partial charge in [0.15, 0.2) is 5.78 Å². The molecular weight excluding hydrogens is 232 g/mol. The van der Waals surface area contributed by atoms with Gasteiger partial charge in [-0.25, -0.2) is 0 Å². The van der Waals surface area contributed by atoms with Gasteiger partial charge in [-0.15, -0.1) is 0 Å². The fourth-order valence-corrected chi connectivity index (χ4v) is 3.87. The summed E-state index contributed by atoms with van der Waals surface area (Å²) in [5.41, 5.74) is 2.13. The lowest BCUT2D eigenvalue weighted by molar-refractivity contribution is -0.131. The molecule has 2 atom stereocenters. The van der Waals surface area contributed by atoms with Crippen molar-refractivity contribution in [2.45, 2.75) is 45.4 Å². The first-order chi connectivity index (χ1) is 9.20. The molecule has 0 aliphatic heterocycles. The van der Waals surface area contributed by atoms with Crippen molar-refractivity contribution < 1.29 is 4.79 Å². The molecule has 1 nitrogen and oxygen atoms in total. The first kappa shape index (κ1) is 12.7. The second-order valence-electron chi connectivity index (χ2n) is 6.31. The number of rotatable bonds is 1. The molecule has 2 aliphatic carbocycles. The summed E-state index contributed by atoms with van der Waals surface area (Å²) < 4.78 is 0. The molecule has 1 heteroatoms. The van der Waals surface area contributed by atoms with Gasteiger partial charge in [0.05, 0.1) is 0 Å². The van der Waals surface area contributed by atoms with Crippen molar-refractivity contribution in [1.29, 1.82) is 0 Å². The van der Waals surface area contributed by atoms with Crippen LogP contribution in [0, 0.1) is 11.3 Å². The van der Waals surface area contributed by atoms with E-state index in [0.29, 0.717) is 11.7 Å². The van der Waals surface area contributed by atoms with E-state index in [1.165, 1.54) is 25.7 Å². The van der Waals surface area contributed by atoms with Gasteiger partial charge in [0, 0.05) is 5.41 Å². The van der Waals surface area contributed by atoms with Crippen molar-refractivity contribution in [3.05, 3.63) is 41.5 Å². The summed E-state index contributed by atoms with van der Waals surface area (Å²) in [6.07, 6.45) is 9.14. The van der Waals surface area contributed by atoms with Crippen LogP contribution in [0.15, 0.2) is 35.9 Å². The Kier molecular flexibility index (Phi) is 3.30. The molecule has 2 saturated carbocycles. The van der Waals surface area contributed by atoms with E-state index in [-0.39, 0.29) is 5.41 Å². The second kappa shape index (κ2) is 4.96. The van der Waals surface area contributed by atoms with Gasteiger partial charge < -0.3 is 0 Å². The van der Waals surface area contributed by atoms with Crippen molar-refractivity contribution in [2.75, 3.05) is 0 Å². The van der Waals surface area contributed by atoms with E-state index in [4.69, 9.17) is 0 Å².